The van der Waals surface area contributed by atoms with Gasteiger partial charge in [0.25, 0.3) is 0 Å². The Balaban J connectivity index is 3.07. The van der Waals surface area contributed by atoms with Gasteiger partial charge in [0.1, 0.15) is 0 Å². The van der Waals surface area contributed by atoms with Gasteiger partial charge < -0.3 is 0 Å². The summed E-state index contributed by atoms with van der Waals surface area (Å²) in [5, 5.41) is 0. The van der Waals surface area contributed by atoms with Gasteiger partial charge in [0.2, 0.25) is 0 Å². The van der Waals surface area contributed by atoms with Crippen molar-refractivity contribution >= 4 is 12.2 Å². The lowest BCUT2D eigenvalue weighted by Gasteiger charge is -2.05. The Morgan fingerprint density at radius 2 is 1.86 bits per heavy atom. The van der Waals surface area contributed by atoms with Gasteiger partial charge in [-0.15, -0.1) is 0 Å². The maximum atomic E-state index is 4.26. The summed E-state index contributed by atoms with van der Waals surface area (Å²) in [6.07, 6.45) is 7.17. The highest BCUT2D eigenvalue weighted by atomic mass is 14.8. The molecule has 2 heteroatoms. The van der Waals surface area contributed by atoms with Crippen LogP contribution in [0.2, 0.25) is 0 Å². The van der Waals surface area contributed by atoms with Crippen molar-refractivity contribution in [2.75, 3.05) is 0 Å². The van der Waals surface area contributed by atoms with E-state index in [0.29, 0.717) is 5.92 Å². The summed E-state index contributed by atoms with van der Waals surface area (Å²) in [5.41, 5.74) is 3.04. The molecule has 0 aromatic carbocycles. The first-order valence-electron chi connectivity index (χ1n) is 4.76. The summed E-state index contributed by atoms with van der Waals surface area (Å²) >= 11 is 0. The molecule has 0 radical (unpaired) electrons. The molecule has 0 aliphatic carbocycles. The lowest BCUT2D eigenvalue weighted by molar-refractivity contribution is 0.775. The van der Waals surface area contributed by atoms with Gasteiger partial charge in [-0.25, -0.2) is 0 Å². The van der Waals surface area contributed by atoms with Crippen LogP contribution in [-0.4, -0.2) is 9.97 Å². The summed E-state index contributed by atoms with van der Waals surface area (Å²) in [6, 6.07) is 0. The van der Waals surface area contributed by atoms with Crippen molar-refractivity contribution in [3.05, 3.63) is 35.9 Å². The largest absolute Gasteiger partial charge is 0.253 e. The number of aromatic nitrogens is 2. The van der Waals surface area contributed by atoms with Crippen LogP contribution in [0.3, 0.4) is 0 Å². The van der Waals surface area contributed by atoms with E-state index in [1.54, 1.807) is 18.5 Å². The first-order chi connectivity index (χ1) is 6.65. The Morgan fingerprint density at radius 3 is 2.36 bits per heavy atom. The number of allylic oxidation sites excluding steroid dienone is 1. The van der Waals surface area contributed by atoms with Crippen LogP contribution in [0.15, 0.2) is 24.5 Å². The summed E-state index contributed by atoms with van der Waals surface area (Å²) < 4.78 is 0. The first-order valence-corrected chi connectivity index (χ1v) is 4.76. The van der Waals surface area contributed by atoms with Crippen LogP contribution in [0.4, 0.5) is 0 Å². The van der Waals surface area contributed by atoms with Crippen molar-refractivity contribution in [1.82, 2.24) is 9.97 Å². The predicted molar refractivity (Wildman–Crippen MR) is 60.6 cm³/mol. The molecule has 1 aromatic heterocycles. The van der Waals surface area contributed by atoms with Crippen molar-refractivity contribution in [3.8, 4) is 0 Å². The van der Waals surface area contributed by atoms with Crippen molar-refractivity contribution in [2.24, 2.45) is 5.92 Å². The molecule has 74 valence electrons. The second kappa shape index (κ2) is 4.70. The van der Waals surface area contributed by atoms with E-state index in [4.69, 9.17) is 0 Å². The minimum absolute atomic E-state index is 0.537. The lowest BCUT2D eigenvalue weighted by Crippen LogP contribution is -1.93. The minimum atomic E-state index is 0.537. The summed E-state index contributed by atoms with van der Waals surface area (Å²) in [5.74, 6) is 0.537. The van der Waals surface area contributed by atoms with E-state index in [-0.39, 0.29) is 0 Å². The summed E-state index contributed by atoms with van der Waals surface area (Å²) in [7, 11) is 0. The number of nitrogens with zero attached hydrogens (tertiary/aromatic N) is 2. The van der Waals surface area contributed by atoms with Gasteiger partial charge in [0.15, 0.2) is 0 Å². The van der Waals surface area contributed by atoms with Gasteiger partial charge in [-0.2, -0.15) is 0 Å². The molecule has 0 saturated heterocycles. The zero-order chi connectivity index (χ0) is 10.6. The average molecular weight is 188 g/mol. The SMILES string of the molecule is C=Cc1nccnc1/C=C(\C)C(C)C. The third-order valence-corrected chi connectivity index (χ3v) is 2.22. The zero-order valence-electron chi connectivity index (χ0n) is 8.99. The monoisotopic (exact) mass is 188 g/mol. The van der Waals surface area contributed by atoms with Gasteiger partial charge >= 0.3 is 0 Å². The second-order valence-corrected chi connectivity index (χ2v) is 3.57. The van der Waals surface area contributed by atoms with Crippen LogP contribution in [0, 0.1) is 5.92 Å². The molecular formula is C12H16N2. The van der Waals surface area contributed by atoms with Gasteiger partial charge in [0, 0.05) is 12.4 Å². The molecule has 1 rings (SSSR count). The molecule has 0 spiro atoms. The van der Waals surface area contributed by atoms with Gasteiger partial charge in [-0.3, -0.25) is 9.97 Å². The van der Waals surface area contributed by atoms with E-state index in [2.05, 4.69) is 43.4 Å². The maximum Gasteiger partial charge on any atom is 0.0886 e. The van der Waals surface area contributed by atoms with Crippen LogP contribution < -0.4 is 0 Å². The molecule has 1 aromatic rings. The molecule has 2 nitrogen and oxygen atoms in total. The third kappa shape index (κ3) is 2.52. The molecule has 0 unspecified atom stereocenters. The zero-order valence-corrected chi connectivity index (χ0v) is 8.99. The summed E-state index contributed by atoms with van der Waals surface area (Å²) in [4.78, 5) is 8.45. The van der Waals surface area contributed by atoms with E-state index in [0.717, 1.165) is 11.4 Å². The predicted octanol–water partition coefficient (Wildman–Crippen LogP) is 3.18. The van der Waals surface area contributed by atoms with Crippen LogP contribution in [0.25, 0.3) is 12.2 Å². The maximum absolute atomic E-state index is 4.26. The molecular weight excluding hydrogens is 172 g/mol. The molecule has 14 heavy (non-hydrogen) atoms. The number of rotatable bonds is 3. The van der Waals surface area contributed by atoms with Crippen LogP contribution in [-0.2, 0) is 0 Å². The van der Waals surface area contributed by atoms with Gasteiger partial charge in [-0.05, 0) is 25.0 Å². The molecule has 0 atom stereocenters. The second-order valence-electron chi connectivity index (χ2n) is 3.57. The molecule has 0 fully saturated rings. The highest BCUT2D eigenvalue weighted by Crippen LogP contribution is 2.14. The Bertz CT molecular complexity index is 351. The van der Waals surface area contributed by atoms with Crippen molar-refractivity contribution in [3.63, 3.8) is 0 Å². The van der Waals surface area contributed by atoms with Crippen LogP contribution in [0.1, 0.15) is 32.2 Å². The Labute approximate surface area is 85.4 Å². The molecule has 0 amide bonds. The Kier molecular flexibility index (Phi) is 3.57. The molecule has 0 aliphatic heterocycles. The topological polar surface area (TPSA) is 25.8 Å². The standard InChI is InChI=1S/C12H16N2/c1-5-11-12(14-7-6-13-11)8-10(4)9(2)3/h5-9H,1H2,2-4H3/b10-8+. The molecule has 0 bridgehead atoms. The quantitative estimate of drug-likeness (QED) is 0.728. The fraction of sp³-hybridized carbons (Fsp3) is 0.333. The van der Waals surface area contributed by atoms with Crippen molar-refractivity contribution in [2.45, 2.75) is 20.8 Å². The van der Waals surface area contributed by atoms with Crippen LogP contribution in [0.5, 0.6) is 0 Å². The molecule has 0 aliphatic rings. The van der Waals surface area contributed by atoms with E-state index in [1.807, 2.05) is 0 Å². The highest BCUT2D eigenvalue weighted by molar-refractivity contribution is 5.59. The number of hydrogen-bond donors (Lipinski definition) is 0. The van der Waals surface area contributed by atoms with Crippen LogP contribution >= 0.6 is 0 Å². The first kappa shape index (κ1) is 10.6. The summed E-state index contributed by atoms with van der Waals surface area (Å²) in [6.45, 7) is 10.1. The van der Waals surface area contributed by atoms with E-state index >= 15 is 0 Å². The van der Waals surface area contributed by atoms with Crippen molar-refractivity contribution in [1.29, 1.82) is 0 Å². The highest BCUT2D eigenvalue weighted by Gasteiger charge is 2.01. The normalized spacial score (nSPS) is 11.9. The molecule has 0 saturated carbocycles. The molecule has 0 N–H and O–H groups in total. The van der Waals surface area contributed by atoms with E-state index in [9.17, 15) is 0 Å². The third-order valence-electron chi connectivity index (χ3n) is 2.22. The molecule has 1 heterocycles. The fourth-order valence-corrected chi connectivity index (χ4v) is 1.01. The van der Waals surface area contributed by atoms with E-state index in [1.165, 1.54) is 5.57 Å². The Hall–Kier alpha value is -1.44. The smallest absolute Gasteiger partial charge is 0.0886 e. The van der Waals surface area contributed by atoms with E-state index < -0.39 is 0 Å². The van der Waals surface area contributed by atoms with Gasteiger partial charge in [-0.1, -0.05) is 26.0 Å². The lowest BCUT2D eigenvalue weighted by atomic mass is 10.0. The van der Waals surface area contributed by atoms with Crippen molar-refractivity contribution < 1.29 is 0 Å². The fourth-order valence-electron chi connectivity index (χ4n) is 1.01. The average Bonchev–Trinajstić information content (AvgIpc) is 2.18. The minimum Gasteiger partial charge on any atom is -0.253 e. The Morgan fingerprint density at radius 1 is 1.29 bits per heavy atom. The van der Waals surface area contributed by atoms with Gasteiger partial charge in [0.05, 0.1) is 11.4 Å². The number of hydrogen-bond acceptors (Lipinski definition) is 2.